The molecule has 0 saturated heterocycles. The van der Waals surface area contributed by atoms with Crippen molar-refractivity contribution < 1.29 is 27.6 Å². The highest BCUT2D eigenvalue weighted by Crippen LogP contribution is 2.44. The number of ketones is 1. The topological polar surface area (TPSA) is 71.1 Å². The third-order valence-corrected chi connectivity index (χ3v) is 24.6. The molecular formula is C36H74O6Si3. The van der Waals surface area contributed by atoms with Crippen LogP contribution in [-0.4, -0.2) is 62.1 Å². The Balaban J connectivity index is 6.59. The first-order valence-electron chi connectivity index (χ1n) is 17.2. The fourth-order valence-electron chi connectivity index (χ4n) is 4.56. The van der Waals surface area contributed by atoms with Crippen LogP contribution in [0.5, 0.6) is 0 Å². The molecule has 0 saturated carbocycles. The van der Waals surface area contributed by atoms with E-state index in [1.807, 2.05) is 13.0 Å². The highest BCUT2D eigenvalue weighted by Gasteiger charge is 2.49. The normalized spacial score (nSPS) is 17.2. The van der Waals surface area contributed by atoms with Crippen LogP contribution in [0.1, 0.15) is 110 Å². The average Bonchev–Trinajstić information content (AvgIpc) is 2.83. The van der Waals surface area contributed by atoms with Gasteiger partial charge in [0, 0.05) is 24.0 Å². The Kier molecular flexibility index (Phi) is 16.0. The Morgan fingerprint density at radius 2 is 1.16 bits per heavy atom. The fourth-order valence-corrected chi connectivity index (χ4v) is 8.57. The van der Waals surface area contributed by atoms with Crippen molar-refractivity contribution in [3.63, 3.8) is 0 Å². The fraction of sp³-hybridized carbons (Fsp3) is 0.889. The molecule has 0 aromatic carbocycles. The Morgan fingerprint density at radius 1 is 0.711 bits per heavy atom. The molecule has 0 fully saturated rings. The maximum atomic E-state index is 14.8. The number of carbonyl (C=O) groups excluding carboxylic acids is 2. The van der Waals surface area contributed by atoms with Gasteiger partial charge in [-0.2, -0.15) is 0 Å². The number of esters is 1. The molecule has 0 aromatic heterocycles. The van der Waals surface area contributed by atoms with E-state index in [0.717, 1.165) is 0 Å². The number of allylic oxidation sites excluding steroid dienone is 1. The van der Waals surface area contributed by atoms with Gasteiger partial charge >= 0.3 is 5.97 Å². The third-order valence-electron chi connectivity index (χ3n) is 11.1. The predicted octanol–water partition coefficient (Wildman–Crippen LogP) is 10.6. The molecule has 0 aromatic rings. The molecule has 0 radical (unpaired) electrons. The van der Waals surface area contributed by atoms with Crippen LogP contribution in [0.2, 0.25) is 54.4 Å². The minimum Gasteiger partial charge on any atom is -0.463 e. The van der Waals surface area contributed by atoms with E-state index in [2.05, 4.69) is 122 Å². The lowest BCUT2D eigenvalue weighted by Gasteiger charge is -2.47. The smallest absolute Gasteiger partial charge is 0.330 e. The number of ether oxygens (including phenoxy) is 1. The predicted molar refractivity (Wildman–Crippen MR) is 199 cm³/mol. The number of rotatable bonds is 17. The molecule has 0 rings (SSSR count). The minimum absolute atomic E-state index is 0.00400. The third kappa shape index (κ3) is 12.8. The number of Topliss-reactive ketones (excluding diaryl/α,β-unsaturated/α-hetero) is 1. The van der Waals surface area contributed by atoms with Crippen molar-refractivity contribution in [3.8, 4) is 0 Å². The van der Waals surface area contributed by atoms with Gasteiger partial charge in [0.25, 0.3) is 0 Å². The van der Waals surface area contributed by atoms with E-state index in [1.54, 1.807) is 6.92 Å². The van der Waals surface area contributed by atoms with Crippen LogP contribution in [0.25, 0.3) is 0 Å². The molecule has 0 spiro atoms. The molecule has 4 atom stereocenters. The first kappa shape index (κ1) is 44.4. The van der Waals surface area contributed by atoms with E-state index >= 15 is 0 Å². The van der Waals surface area contributed by atoms with Crippen molar-refractivity contribution in [1.29, 1.82) is 0 Å². The maximum Gasteiger partial charge on any atom is 0.330 e. The van der Waals surface area contributed by atoms with Crippen LogP contribution in [0.4, 0.5) is 0 Å². The van der Waals surface area contributed by atoms with Gasteiger partial charge in [0.15, 0.2) is 25.0 Å². The zero-order chi connectivity index (χ0) is 36.0. The average molecular weight is 687 g/mol. The lowest BCUT2D eigenvalue weighted by atomic mass is 9.73. The van der Waals surface area contributed by atoms with E-state index in [0.29, 0.717) is 26.1 Å². The Hall–Kier alpha value is -0.589. The lowest BCUT2D eigenvalue weighted by Crippen LogP contribution is -2.54. The largest absolute Gasteiger partial charge is 0.463 e. The van der Waals surface area contributed by atoms with Crippen molar-refractivity contribution in [2.75, 3.05) is 13.2 Å². The summed E-state index contributed by atoms with van der Waals surface area (Å²) in [5, 5.41) is 0.0952. The standard InChI is InChI=1S/C36H74O6Si3/c1-21-39-30(37)24-22-23-27(2)31(42-45(19,20)35(10,11)12)28(3)32(38)36(13,14)29(41-44(17,18)34(7,8)9)25-26-40-43(15,16)33(4,5)6/h22,24,27-29,31H,21,23,25-26H2,1-20H3/b24-22+/t27-,28+,29-,31-/m0/s1. The van der Waals surface area contributed by atoms with Gasteiger partial charge < -0.3 is 18.0 Å². The van der Waals surface area contributed by atoms with Crippen LogP contribution in [0.15, 0.2) is 12.2 Å². The van der Waals surface area contributed by atoms with E-state index in [4.69, 9.17) is 18.0 Å². The summed E-state index contributed by atoms with van der Waals surface area (Å²) in [6.07, 6.45) is 4.03. The summed E-state index contributed by atoms with van der Waals surface area (Å²) in [4.78, 5) is 26.7. The zero-order valence-electron chi connectivity index (χ0n) is 33.2. The van der Waals surface area contributed by atoms with Gasteiger partial charge in [0.2, 0.25) is 0 Å². The lowest BCUT2D eigenvalue weighted by molar-refractivity contribution is -0.141. The van der Waals surface area contributed by atoms with Crippen LogP contribution in [-0.2, 0) is 27.6 Å². The van der Waals surface area contributed by atoms with Gasteiger partial charge in [-0.1, -0.05) is 96.1 Å². The molecular weight excluding hydrogens is 613 g/mol. The molecule has 0 bridgehead atoms. The van der Waals surface area contributed by atoms with Crippen LogP contribution in [0.3, 0.4) is 0 Å². The van der Waals surface area contributed by atoms with Crippen molar-refractivity contribution in [1.82, 2.24) is 0 Å². The molecule has 0 heterocycles. The van der Waals surface area contributed by atoms with Gasteiger partial charge in [-0.15, -0.1) is 0 Å². The highest BCUT2D eigenvalue weighted by molar-refractivity contribution is 6.75. The van der Waals surface area contributed by atoms with Crippen LogP contribution < -0.4 is 0 Å². The Bertz CT molecular complexity index is 980. The summed E-state index contributed by atoms with van der Waals surface area (Å²) in [7, 11) is -6.41. The summed E-state index contributed by atoms with van der Waals surface area (Å²) in [5.74, 6) is -0.543. The molecule has 0 N–H and O–H groups in total. The zero-order valence-corrected chi connectivity index (χ0v) is 36.2. The molecule has 0 aliphatic carbocycles. The maximum absolute atomic E-state index is 14.8. The van der Waals surface area contributed by atoms with Gasteiger partial charge in [0.1, 0.15) is 5.78 Å². The summed E-state index contributed by atoms with van der Waals surface area (Å²) in [6, 6.07) is 0. The number of carbonyl (C=O) groups is 2. The quantitative estimate of drug-likeness (QED) is 0.0861. The number of hydrogen-bond acceptors (Lipinski definition) is 6. The summed E-state index contributed by atoms with van der Waals surface area (Å²) < 4.78 is 25.9. The molecule has 266 valence electrons. The minimum atomic E-state index is -2.23. The molecule has 9 heteroatoms. The van der Waals surface area contributed by atoms with Gasteiger partial charge in [0.05, 0.1) is 18.8 Å². The molecule has 0 aliphatic rings. The van der Waals surface area contributed by atoms with Gasteiger partial charge in [-0.05, 0) is 80.1 Å². The van der Waals surface area contributed by atoms with Crippen molar-refractivity contribution in [3.05, 3.63) is 12.2 Å². The monoisotopic (exact) mass is 686 g/mol. The summed E-state index contributed by atoms with van der Waals surface area (Å²) >= 11 is 0. The number of hydrogen-bond donors (Lipinski definition) is 0. The molecule has 45 heavy (non-hydrogen) atoms. The second kappa shape index (κ2) is 16.2. The van der Waals surface area contributed by atoms with Gasteiger partial charge in [-0.3, -0.25) is 4.79 Å². The molecule has 0 aliphatic heterocycles. The Labute approximate surface area is 282 Å². The van der Waals surface area contributed by atoms with Gasteiger partial charge in [-0.25, -0.2) is 4.79 Å². The first-order valence-corrected chi connectivity index (χ1v) is 26.0. The van der Waals surface area contributed by atoms with Crippen molar-refractivity contribution >= 4 is 36.7 Å². The van der Waals surface area contributed by atoms with E-state index in [9.17, 15) is 9.59 Å². The molecule has 6 nitrogen and oxygen atoms in total. The van der Waals surface area contributed by atoms with Crippen LogP contribution >= 0.6 is 0 Å². The van der Waals surface area contributed by atoms with Crippen molar-refractivity contribution in [2.24, 2.45) is 17.3 Å². The van der Waals surface area contributed by atoms with E-state index in [1.165, 1.54) is 6.08 Å². The van der Waals surface area contributed by atoms with E-state index in [-0.39, 0.29) is 50.9 Å². The summed E-state index contributed by atoms with van der Waals surface area (Å²) in [5.41, 5.74) is -0.763. The van der Waals surface area contributed by atoms with Crippen LogP contribution in [0, 0.1) is 17.3 Å². The molecule has 0 amide bonds. The second-order valence-electron chi connectivity index (χ2n) is 18.3. The first-order chi connectivity index (χ1) is 19.9. The Morgan fingerprint density at radius 3 is 1.58 bits per heavy atom. The van der Waals surface area contributed by atoms with Crippen molar-refractivity contribution in [2.45, 2.75) is 176 Å². The van der Waals surface area contributed by atoms with E-state index < -0.39 is 30.4 Å². The molecule has 0 unspecified atom stereocenters. The highest BCUT2D eigenvalue weighted by atomic mass is 28.4. The second-order valence-corrected chi connectivity index (χ2v) is 32.7. The summed E-state index contributed by atoms with van der Waals surface area (Å²) in [6.45, 7) is 44.7. The SMILES string of the molecule is CCOC(=O)/C=C/C[C@H](C)[C@H](O[Si](C)(C)C(C)(C)C)[C@@H](C)C(=O)C(C)(C)[C@H](CCO[Si](C)(C)C(C)(C)C)O[Si](C)(C)C(C)(C)C.